The summed E-state index contributed by atoms with van der Waals surface area (Å²) in [6.45, 7) is 7.36. The number of aromatic nitrogens is 1. The number of fused-ring (bicyclic) bond motifs is 1. The van der Waals surface area contributed by atoms with E-state index in [1.807, 2.05) is 42.5 Å². The molecule has 0 bridgehead atoms. The molecule has 1 heterocycles. The Balaban J connectivity index is 1.64. The summed E-state index contributed by atoms with van der Waals surface area (Å²) < 4.78 is 0. The van der Waals surface area contributed by atoms with E-state index in [-0.39, 0.29) is 0 Å². The van der Waals surface area contributed by atoms with Crippen molar-refractivity contribution < 1.29 is 5.11 Å². The van der Waals surface area contributed by atoms with Gasteiger partial charge in [-0.25, -0.2) is 4.98 Å². The number of rotatable bonds is 22. The van der Waals surface area contributed by atoms with Crippen LogP contribution in [0, 0.1) is 0 Å². The molecule has 1 N–H and O–H groups in total. The SMILES string of the molecule is CCCCCCCCCCN(CCCCCCCCCC)CC(O)c1cc(-c2ccc(Cl)cc2)nc2ccccc12. The van der Waals surface area contributed by atoms with Crippen LogP contribution in [0.25, 0.3) is 22.2 Å². The van der Waals surface area contributed by atoms with Crippen molar-refractivity contribution in [2.24, 2.45) is 0 Å². The number of unbranched alkanes of at least 4 members (excludes halogenated alkanes) is 14. The van der Waals surface area contributed by atoms with Crippen molar-refractivity contribution in [2.45, 2.75) is 123 Å². The largest absolute Gasteiger partial charge is 0.387 e. The van der Waals surface area contributed by atoms with Crippen LogP contribution in [0.2, 0.25) is 5.02 Å². The van der Waals surface area contributed by atoms with E-state index in [2.05, 4.69) is 30.9 Å². The smallest absolute Gasteiger partial charge is 0.0924 e. The Labute approximate surface area is 255 Å². The fourth-order valence-electron chi connectivity index (χ4n) is 5.82. The highest BCUT2D eigenvalue weighted by molar-refractivity contribution is 6.30. The molecule has 2 aromatic carbocycles. The minimum absolute atomic E-state index is 0.558. The van der Waals surface area contributed by atoms with E-state index < -0.39 is 6.10 Å². The molecule has 0 spiro atoms. The summed E-state index contributed by atoms with van der Waals surface area (Å²) in [5, 5.41) is 13.4. The van der Waals surface area contributed by atoms with Crippen LogP contribution in [-0.4, -0.2) is 34.6 Å². The van der Waals surface area contributed by atoms with Crippen molar-refractivity contribution in [2.75, 3.05) is 19.6 Å². The first-order valence-electron chi connectivity index (χ1n) is 16.7. The second-order valence-electron chi connectivity index (χ2n) is 11.9. The van der Waals surface area contributed by atoms with Gasteiger partial charge in [-0.1, -0.05) is 146 Å². The lowest BCUT2D eigenvalue weighted by molar-refractivity contribution is 0.111. The number of aliphatic hydroxyl groups is 1. The molecule has 3 rings (SSSR count). The topological polar surface area (TPSA) is 36.4 Å². The third-order valence-electron chi connectivity index (χ3n) is 8.33. The standard InChI is InChI=1S/C37H55ClN2O/c1-3-5-7-9-11-13-15-19-27-40(28-20-16-14-12-10-8-6-4-2)30-37(41)34-29-36(31-23-25-32(38)26-24-31)39-35-22-18-17-21-33(34)35/h17-18,21-26,29,37,41H,3-16,19-20,27-28,30H2,1-2H3. The monoisotopic (exact) mass is 578 g/mol. The zero-order valence-electron chi connectivity index (χ0n) is 25.9. The Hall–Kier alpha value is -1.94. The van der Waals surface area contributed by atoms with Crippen molar-refractivity contribution in [3.8, 4) is 11.3 Å². The Bertz CT molecular complexity index is 1080. The molecule has 1 aromatic heterocycles. The minimum atomic E-state index is -0.558. The van der Waals surface area contributed by atoms with E-state index in [1.165, 1.54) is 103 Å². The molecular formula is C37H55ClN2O. The average molecular weight is 579 g/mol. The fourth-order valence-corrected chi connectivity index (χ4v) is 5.95. The van der Waals surface area contributed by atoms with Crippen molar-refractivity contribution in [1.82, 2.24) is 9.88 Å². The summed E-state index contributed by atoms with van der Waals surface area (Å²) in [5.41, 5.74) is 3.79. The Morgan fingerprint density at radius 2 is 1.20 bits per heavy atom. The van der Waals surface area contributed by atoms with Gasteiger partial charge in [-0.05, 0) is 55.8 Å². The number of aliphatic hydroxyl groups excluding tert-OH is 1. The second kappa shape index (κ2) is 20.1. The number of nitrogens with zero attached hydrogens (tertiary/aromatic N) is 2. The predicted octanol–water partition coefficient (Wildman–Crippen LogP) is 11.2. The third-order valence-corrected chi connectivity index (χ3v) is 8.59. The van der Waals surface area contributed by atoms with Gasteiger partial charge in [-0.2, -0.15) is 0 Å². The van der Waals surface area contributed by atoms with Crippen LogP contribution >= 0.6 is 11.6 Å². The number of hydrogen-bond donors (Lipinski definition) is 1. The van der Waals surface area contributed by atoms with Crippen LogP contribution in [-0.2, 0) is 0 Å². The number of benzene rings is 2. The molecule has 1 unspecified atom stereocenters. The molecule has 0 saturated carbocycles. The van der Waals surface area contributed by atoms with Crippen LogP contribution in [0.5, 0.6) is 0 Å². The normalized spacial score (nSPS) is 12.4. The molecule has 3 nitrogen and oxygen atoms in total. The maximum Gasteiger partial charge on any atom is 0.0924 e. The van der Waals surface area contributed by atoms with Crippen LogP contribution in [0.1, 0.15) is 128 Å². The predicted molar refractivity (Wildman–Crippen MR) is 179 cm³/mol. The van der Waals surface area contributed by atoms with E-state index in [9.17, 15) is 5.11 Å². The molecule has 0 saturated heterocycles. The number of halogens is 1. The molecule has 0 radical (unpaired) electrons. The van der Waals surface area contributed by atoms with Crippen LogP contribution < -0.4 is 0 Å². The molecular weight excluding hydrogens is 524 g/mol. The maximum atomic E-state index is 11.7. The van der Waals surface area contributed by atoms with Gasteiger partial charge in [-0.3, -0.25) is 0 Å². The second-order valence-corrected chi connectivity index (χ2v) is 12.3. The Kier molecular flexibility index (Phi) is 16.4. The Morgan fingerprint density at radius 3 is 1.76 bits per heavy atom. The van der Waals surface area contributed by atoms with Crippen molar-refractivity contribution in [1.29, 1.82) is 0 Å². The summed E-state index contributed by atoms with van der Waals surface area (Å²) in [5.74, 6) is 0. The van der Waals surface area contributed by atoms with Gasteiger partial charge in [0.2, 0.25) is 0 Å². The van der Waals surface area contributed by atoms with Crippen molar-refractivity contribution in [3.05, 3.63) is 65.2 Å². The van der Waals surface area contributed by atoms with Gasteiger partial charge in [0.05, 0.1) is 17.3 Å². The highest BCUT2D eigenvalue weighted by Crippen LogP contribution is 2.30. The number of para-hydroxylation sites is 1. The summed E-state index contributed by atoms with van der Waals surface area (Å²) in [4.78, 5) is 7.45. The van der Waals surface area contributed by atoms with E-state index in [0.29, 0.717) is 11.6 Å². The summed E-state index contributed by atoms with van der Waals surface area (Å²) in [6, 6.07) is 18.1. The van der Waals surface area contributed by atoms with Crippen LogP contribution in [0.3, 0.4) is 0 Å². The van der Waals surface area contributed by atoms with Crippen molar-refractivity contribution >= 4 is 22.5 Å². The molecule has 0 fully saturated rings. The first-order chi connectivity index (χ1) is 20.1. The maximum absolute atomic E-state index is 11.7. The highest BCUT2D eigenvalue weighted by atomic mass is 35.5. The molecule has 41 heavy (non-hydrogen) atoms. The van der Waals surface area contributed by atoms with Gasteiger partial charge in [-0.15, -0.1) is 0 Å². The minimum Gasteiger partial charge on any atom is -0.387 e. The molecule has 3 aromatic rings. The lowest BCUT2D eigenvalue weighted by atomic mass is 9.99. The third kappa shape index (κ3) is 12.4. The molecule has 0 aliphatic carbocycles. The van der Waals surface area contributed by atoms with E-state index in [4.69, 9.17) is 16.6 Å². The molecule has 0 amide bonds. The first kappa shape index (κ1) is 33.6. The first-order valence-corrected chi connectivity index (χ1v) is 17.1. The number of pyridine rings is 1. The summed E-state index contributed by atoms with van der Waals surface area (Å²) >= 11 is 6.15. The molecule has 1 atom stereocenters. The fraction of sp³-hybridized carbons (Fsp3) is 0.595. The summed E-state index contributed by atoms with van der Waals surface area (Å²) in [6.07, 6.45) is 20.7. The molecule has 4 heteroatoms. The lowest BCUT2D eigenvalue weighted by Crippen LogP contribution is -2.31. The van der Waals surface area contributed by atoms with Gasteiger partial charge in [0, 0.05) is 22.5 Å². The van der Waals surface area contributed by atoms with E-state index in [1.54, 1.807) is 0 Å². The van der Waals surface area contributed by atoms with Gasteiger partial charge in [0.15, 0.2) is 0 Å². The quantitative estimate of drug-likeness (QED) is 0.120. The van der Waals surface area contributed by atoms with Crippen LogP contribution in [0.15, 0.2) is 54.6 Å². The van der Waals surface area contributed by atoms with E-state index in [0.717, 1.165) is 40.8 Å². The highest BCUT2D eigenvalue weighted by Gasteiger charge is 2.18. The number of hydrogen-bond acceptors (Lipinski definition) is 3. The Morgan fingerprint density at radius 1 is 0.683 bits per heavy atom. The summed E-state index contributed by atoms with van der Waals surface area (Å²) in [7, 11) is 0. The zero-order valence-corrected chi connectivity index (χ0v) is 26.7. The van der Waals surface area contributed by atoms with Gasteiger partial charge in [0.25, 0.3) is 0 Å². The van der Waals surface area contributed by atoms with Gasteiger partial charge in [0.1, 0.15) is 0 Å². The van der Waals surface area contributed by atoms with Gasteiger partial charge >= 0.3 is 0 Å². The van der Waals surface area contributed by atoms with Crippen molar-refractivity contribution in [3.63, 3.8) is 0 Å². The van der Waals surface area contributed by atoms with Gasteiger partial charge < -0.3 is 10.0 Å². The zero-order chi connectivity index (χ0) is 29.1. The van der Waals surface area contributed by atoms with Crippen LogP contribution in [0.4, 0.5) is 0 Å². The molecule has 226 valence electrons. The molecule has 0 aliphatic rings. The average Bonchev–Trinajstić information content (AvgIpc) is 2.99. The van der Waals surface area contributed by atoms with E-state index >= 15 is 0 Å². The lowest BCUT2D eigenvalue weighted by Gasteiger charge is -2.26. The molecule has 0 aliphatic heterocycles.